The molecule has 1 aliphatic heterocycles. The van der Waals surface area contributed by atoms with Crippen molar-refractivity contribution in [2.45, 2.75) is 18.8 Å². The maximum Gasteiger partial charge on any atom is 0.335 e. The first-order valence-electron chi connectivity index (χ1n) is 12.2. The van der Waals surface area contributed by atoms with Gasteiger partial charge in [0.1, 0.15) is 5.75 Å². The monoisotopic (exact) mass is 607 g/mol. The number of aromatic carboxylic acids is 1. The van der Waals surface area contributed by atoms with E-state index in [1.807, 2.05) is 6.08 Å². The average Bonchev–Trinajstić information content (AvgIpc) is 3.17. The van der Waals surface area contributed by atoms with Gasteiger partial charge in [0.15, 0.2) is 11.6 Å². The summed E-state index contributed by atoms with van der Waals surface area (Å²) >= 11 is 9.44. The largest absolute Gasteiger partial charge is 0.508 e. The van der Waals surface area contributed by atoms with Gasteiger partial charge in [0, 0.05) is 33.7 Å². The van der Waals surface area contributed by atoms with Gasteiger partial charge in [-0.2, -0.15) is 0 Å². The van der Waals surface area contributed by atoms with Crippen molar-refractivity contribution in [2.24, 2.45) is 17.8 Å². The lowest BCUT2D eigenvalue weighted by atomic mass is 9.59. The van der Waals surface area contributed by atoms with E-state index >= 15 is 0 Å². The van der Waals surface area contributed by atoms with Crippen molar-refractivity contribution in [1.82, 2.24) is 0 Å². The highest BCUT2D eigenvalue weighted by atomic mass is 79.9. The van der Waals surface area contributed by atoms with Crippen molar-refractivity contribution in [2.75, 3.05) is 4.90 Å². The number of benzene rings is 2. The molecule has 6 rings (SSSR count). The summed E-state index contributed by atoms with van der Waals surface area (Å²) < 4.78 is 0.0982. The van der Waals surface area contributed by atoms with E-state index in [9.17, 15) is 34.2 Å². The van der Waals surface area contributed by atoms with E-state index in [-0.39, 0.29) is 57.0 Å². The van der Waals surface area contributed by atoms with Gasteiger partial charge in [-0.1, -0.05) is 29.3 Å². The van der Waals surface area contributed by atoms with Crippen LogP contribution < -0.4 is 4.90 Å². The Kier molecular flexibility index (Phi) is 5.96. The highest BCUT2D eigenvalue weighted by Crippen LogP contribution is 2.56. The van der Waals surface area contributed by atoms with Gasteiger partial charge in [0.2, 0.25) is 11.8 Å². The molecule has 2 aromatic rings. The molecule has 2 N–H and O–H groups in total. The van der Waals surface area contributed by atoms with Crippen LogP contribution in [-0.4, -0.2) is 39.6 Å². The standard InChI is InChI=1S/C29H19BrClNO7/c30-20-11-22(34)25-19(26(20)35)10-17-15(23(25)18-9-13(31)4-7-21(18)33)5-6-16-24(17)28(37)32(27(16)36)14-3-1-2-12(8-14)29(38)39/h1-5,7-9,11,16-17,23-24,33H,6,10H2,(H,38,39). The normalized spacial score (nSPS) is 26.2. The van der Waals surface area contributed by atoms with E-state index in [1.165, 1.54) is 48.5 Å². The van der Waals surface area contributed by atoms with Gasteiger partial charge in [-0.3, -0.25) is 24.1 Å². The van der Waals surface area contributed by atoms with Crippen LogP contribution >= 0.6 is 27.5 Å². The zero-order chi connectivity index (χ0) is 27.7. The number of carboxylic acids is 1. The second-order valence-electron chi connectivity index (χ2n) is 9.96. The Balaban J connectivity index is 1.49. The number of carbonyl (C=O) groups excluding carboxylic acids is 4. The van der Waals surface area contributed by atoms with Crippen molar-refractivity contribution in [3.8, 4) is 5.75 Å². The van der Waals surface area contributed by atoms with Gasteiger partial charge in [0.25, 0.3) is 0 Å². The Morgan fingerprint density at radius 1 is 1.03 bits per heavy atom. The molecule has 1 heterocycles. The van der Waals surface area contributed by atoms with Crippen LogP contribution in [0.25, 0.3) is 0 Å². The van der Waals surface area contributed by atoms with Gasteiger partial charge in [-0.25, -0.2) is 4.79 Å². The summed E-state index contributed by atoms with van der Waals surface area (Å²) in [7, 11) is 0. The molecule has 1 fully saturated rings. The smallest absolute Gasteiger partial charge is 0.335 e. The van der Waals surface area contributed by atoms with Gasteiger partial charge in [0.05, 0.1) is 27.6 Å². The molecule has 0 spiro atoms. The van der Waals surface area contributed by atoms with Crippen molar-refractivity contribution >= 4 is 62.6 Å². The van der Waals surface area contributed by atoms with E-state index in [2.05, 4.69) is 15.9 Å². The van der Waals surface area contributed by atoms with Crippen LogP contribution in [0.4, 0.5) is 5.69 Å². The lowest BCUT2D eigenvalue weighted by Gasteiger charge is -2.42. The third kappa shape index (κ3) is 3.83. The molecule has 0 radical (unpaired) electrons. The molecule has 0 bridgehead atoms. The second-order valence-corrected chi connectivity index (χ2v) is 11.3. The number of aromatic hydroxyl groups is 1. The number of phenols is 1. The molecule has 10 heteroatoms. The highest BCUT2D eigenvalue weighted by Gasteiger charge is 2.57. The van der Waals surface area contributed by atoms with Gasteiger partial charge in [-0.05, 0) is 71.1 Å². The molecule has 1 saturated heterocycles. The van der Waals surface area contributed by atoms with Gasteiger partial charge >= 0.3 is 5.97 Å². The number of imide groups is 1. The van der Waals surface area contributed by atoms with Gasteiger partial charge in [-0.15, -0.1) is 0 Å². The number of fused-ring (bicyclic) bond motifs is 3. The number of Topliss-reactive ketones (excluding diaryl/α,β-unsaturated/α-hetero) is 1. The summed E-state index contributed by atoms with van der Waals surface area (Å²) in [5.41, 5.74) is 1.56. The Bertz CT molecular complexity index is 1640. The first-order valence-corrected chi connectivity index (χ1v) is 13.3. The third-order valence-electron chi connectivity index (χ3n) is 7.98. The summed E-state index contributed by atoms with van der Waals surface area (Å²) in [5.74, 6) is -6.02. The lowest BCUT2D eigenvalue weighted by molar-refractivity contribution is -0.123. The minimum atomic E-state index is -1.19. The number of hydrogen-bond donors (Lipinski definition) is 2. The van der Waals surface area contributed by atoms with Crippen LogP contribution in [0, 0.1) is 17.8 Å². The Morgan fingerprint density at radius 2 is 1.79 bits per heavy atom. The SMILES string of the molecule is O=C1C=C(Br)C(=O)C2=C1C(c1cc(Cl)ccc1O)C1=CCC3C(=O)N(c4cccc(C(=O)O)c4)C(=O)C3C1C2. The van der Waals surface area contributed by atoms with Gasteiger partial charge < -0.3 is 10.2 Å². The zero-order valence-electron chi connectivity index (χ0n) is 20.1. The van der Waals surface area contributed by atoms with Crippen molar-refractivity contribution in [3.63, 3.8) is 0 Å². The predicted molar refractivity (Wildman–Crippen MR) is 144 cm³/mol. The number of halogens is 2. The van der Waals surface area contributed by atoms with Crippen molar-refractivity contribution < 1.29 is 34.2 Å². The fourth-order valence-corrected chi connectivity index (χ4v) is 6.98. The number of phenolic OH excluding ortho intramolecular Hbond substituents is 1. The summed E-state index contributed by atoms with van der Waals surface area (Å²) in [4.78, 5) is 66.5. The van der Waals surface area contributed by atoms with Crippen molar-refractivity contribution in [3.05, 3.63) is 92.0 Å². The Morgan fingerprint density at radius 3 is 2.54 bits per heavy atom. The second kappa shape index (κ2) is 9.14. The molecule has 8 nitrogen and oxygen atoms in total. The molecule has 3 aliphatic carbocycles. The molecular formula is C29H19BrClNO7. The minimum absolute atomic E-state index is 0.0614. The molecule has 4 aliphatic rings. The van der Waals surface area contributed by atoms with E-state index in [0.29, 0.717) is 16.2 Å². The molecule has 0 saturated carbocycles. The van der Waals surface area contributed by atoms with E-state index in [4.69, 9.17) is 11.6 Å². The minimum Gasteiger partial charge on any atom is -0.508 e. The zero-order valence-corrected chi connectivity index (χ0v) is 22.4. The van der Waals surface area contributed by atoms with Crippen LogP contribution in [0.15, 0.2) is 75.8 Å². The maximum absolute atomic E-state index is 13.9. The van der Waals surface area contributed by atoms with E-state index in [1.54, 1.807) is 0 Å². The highest BCUT2D eigenvalue weighted by molar-refractivity contribution is 9.12. The number of carbonyl (C=O) groups is 5. The number of hydrogen-bond acceptors (Lipinski definition) is 6. The van der Waals surface area contributed by atoms with Crippen molar-refractivity contribution in [1.29, 1.82) is 0 Å². The summed E-state index contributed by atoms with van der Waals surface area (Å²) in [6.07, 6.45) is 3.31. The fourth-order valence-electron chi connectivity index (χ4n) is 6.35. The van der Waals surface area contributed by atoms with E-state index in [0.717, 1.165) is 4.90 Å². The molecule has 2 aromatic carbocycles. The first kappa shape index (κ1) is 25.5. The number of rotatable bonds is 3. The van der Waals surface area contributed by atoms with E-state index < -0.39 is 41.5 Å². The van der Waals surface area contributed by atoms with Crippen LogP contribution in [0.3, 0.4) is 0 Å². The quantitative estimate of drug-likeness (QED) is 0.293. The van der Waals surface area contributed by atoms with Crippen LogP contribution in [-0.2, 0) is 19.2 Å². The number of carboxylic acid groups (broad SMARTS) is 1. The van der Waals surface area contributed by atoms with Crippen LogP contribution in [0.5, 0.6) is 5.75 Å². The Hall–Kier alpha value is -3.82. The maximum atomic E-state index is 13.9. The molecule has 4 unspecified atom stereocenters. The van der Waals surface area contributed by atoms with Crippen LogP contribution in [0.1, 0.15) is 34.7 Å². The van der Waals surface area contributed by atoms with Crippen LogP contribution in [0.2, 0.25) is 5.02 Å². The molecule has 0 aromatic heterocycles. The molecule has 196 valence electrons. The number of ketones is 2. The topological polar surface area (TPSA) is 129 Å². The molecule has 39 heavy (non-hydrogen) atoms. The summed E-state index contributed by atoms with van der Waals surface area (Å²) in [5, 5.41) is 20.5. The molecule has 4 atom stereocenters. The molecular weight excluding hydrogens is 590 g/mol. The molecule has 2 amide bonds. The number of amides is 2. The third-order valence-corrected chi connectivity index (χ3v) is 8.81. The Labute approximate surface area is 235 Å². The lowest BCUT2D eigenvalue weighted by Crippen LogP contribution is -2.39. The summed E-state index contributed by atoms with van der Waals surface area (Å²) in [6, 6.07) is 10.1. The predicted octanol–water partition coefficient (Wildman–Crippen LogP) is 4.71. The first-order chi connectivity index (χ1) is 18.6. The summed E-state index contributed by atoms with van der Waals surface area (Å²) in [6.45, 7) is 0. The number of anilines is 1. The number of nitrogens with zero attached hydrogens (tertiary/aromatic N) is 1. The average molecular weight is 609 g/mol. The number of allylic oxidation sites excluding steroid dienone is 6. The fraction of sp³-hybridized carbons (Fsp3) is 0.207.